The van der Waals surface area contributed by atoms with Gasteiger partial charge in [-0.1, -0.05) is 45.0 Å². The molecule has 210 valence electrons. The molecular weight excluding hydrogens is 507 g/mol. The van der Waals surface area contributed by atoms with Gasteiger partial charge in [0.05, 0.1) is 6.54 Å². The van der Waals surface area contributed by atoms with Crippen molar-refractivity contribution in [1.29, 1.82) is 0 Å². The molecule has 0 heterocycles. The third kappa shape index (κ3) is 11.3. The standard InChI is InChI=1S/C27H34F3NO7/c1-5-35-23(24(32)33)18-19-10-12-20(13-11-19)36-17-16-31(15-14-26(2,3)4)25(34)37-21-8-6-7-9-22(21)38-27(28,29)30/h6-13,23H,5,14-18H2,1-4H3,(H,32,33). The molecule has 0 radical (unpaired) electrons. The number of carboxylic acids is 1. The Labute approximate surface area is 220 Å². The summed E-state index contributed by atoms with van der Waals surface area (Å²) < 4.78 is 58.4. The summed E-state index contributed by atoms with van der Waals surface area (Å²) in [7, 11) is 0. The lowest BCUT2D eigenvalue weighted by Crippen LogP contribution is -2.38. The Kier molecular flexibility index (Phi) is 11.2. The van der Waals surface area contributed by atoms with Gasteiger partial charge in [0.1, 0.15) is 12.4 Å². The Balaban J connectivity index is 2.03. The van der Waals surface area contributed by atoms with Crippen LogP contribution in [0.3, 0.4) is 0 Å². The molecule has 38 heavy (non-hydrogen) atoms. The van der Waals surface area contributed by atoms with Gasteiger partial charge in [0.25, 0.3) is 0 Å². The minimum Gasteiger partial charge on any atom is -0.492 e. The molecule has 1 amide bonds. The molecule has 0 bridgehead atoms. The molecule has 0 spiro atoms. The third-order valence-electron chi connectivity index (χ3n) is 5.28. The Hall–Kier alpha value is -3.47. The summed E-state index contributed by atoms with van der Waals surface area (Å²) in [6, 6.07) is 11.9. The van der Waals surface area contributed by atoms with Gasteiger partial charge >= 0.3 is 18.4 Å². The van der Waals surface area contributed by atoms with Crippen LogP contribution in [0.4, 0.5) is 18.0 Å². The van der Waals surface area contributed by atoms with E-state index >= 15 is 0 Å². The molecule has 8 nitrogen and oxygen atoms in total. The zero-order chi connectivity index (χ0) is 28.3. The average molecular weight is 542 g/mol. The van der Waals surface area contributed by atoms with Gasteiger partial charge in [-0.3, -0.25) is 0 Å². The van der Waals surface area contributed by atoms with Gasteiger partial charge in [-0.25, -0.2) is 9.59 Å². The minimum absolute atomic E-state index is 0.0932. The van der Waals surface area contributed by atoms with Crippen molar-refractivity contribution in [2.75, 3.05) is 26.3 Å². The van der Waals surface area contributed by atoms with Gasteiger partial charge in [0.2, 0.25) is 0 Å². The number of halogens is 3. The number of aliphatic carboxylic acids is 1. The maximum Gasteiger partial charge on any atom is 0.573 e. The van der Waals surface area contributed by atoms with Crippen LogP contribution in [-0.2, 0) is 16.0 Å². The van der Waals surface area contributed by atoms with Crippen LogP contribution in [0.1, 0.15) is 39.7 Å². The van der Waals surface area contributed by atoms with Crippen LogP contribution in [0.15, 0.2) is 48.5 Å². The summed E-state index contributed by atoms with van der Waals surface area (Å²) in [6.45, 7) is 8.52. The lowest BCUT2D eigenvalue weighted by Gasteiger charge is -2.26. The predicted molar refractivity (Wildman–Crippen MR) is 133 cm³/mol. The second-order valence-electron chi connectivity index (χ2n) is 9.64. The topological polar surface area (TPSA) is 94.5 Å². The smallest absolute Gasteiger partial charge is 0.492 e. The van der Waals surface area contributed by atoms with Crippen molar-refractivity contribution in [3.8, 4) is 17.2 Å². The summed E-state index contributed by atoms with van der Waals surface area (Å²) in [4.78, 5) is 25.5. The Morgan fingerprint density at radius 2 is 1.61 bits per heavy atom. The highest BCUT2D eigenvalue weighted by atomic mass is 19.4. The highest BCUT2D eigenvalue weighted by molar-refractivity contribution is 5.73. The van der Waals surface area contributed by atoms with E-state index < -0.39 is 30.3 Å². The van der Waals surface area contributed by atoms with E-state index in [4.69, 9.17) is 14.2 Å². The number of nitrogens with zero attached hydrogens (tertiary/aromatic N) is 1. The number of benzene rings is 2. The second-order valence-corrected chi connectivity index (χ2v) is 9.64. The van der Waals surface area contributed by atoms with E-state index in [1.54, 1.807) is 31.2 Å². The average Bonchev–Trinajstić information content (AvgIpc) is 2.81. The van der Waals surface area contributed by atoms with E-state index in [2.05, 4.69) is 4.74 Å². The Morgan fingerprint density at radius 1 is 0.974 bits per heavy atom. The summed E-state index contributed by atoms with van der Waals surface area (Å²) in [5.74, 6) is -1.50. The fourth-order valence-electron chi connectivity index (χ4n) is 3.30. The minimum atomic E-state index is -4.94. The van der Waals surface area contributed by atoms with E-state index in [-0.39, 0.29) is 37.3 Å². The number of alkyl halides is 3. The zero-order valence-corrected chi connectivity index (χ0v) is 21.9. The van der Waals surface area contributed by atoms with Crippen molar-refractivity contribution in [3.05, 3.63) is 54.1 Å². The van der Waals surface area contributed by atoms with Gasteiger partial charge in [-0.05, 0) is 48.6 Å². The molecule has 0 aromatic heterocycles. The Bertz CT molecular complexity index is 1040. The summed E-state index contributed by atoms with van der Waals surface area (Å²) in [5.41, 5.74) is 0.648. The van der Waals surface area contributed by atoms with E-state index in [0.717, 1.165) is 11.6 Å². The predicted octanol–water partition coefficient (Wildman–Crippen LogP) is 5.93. The third-order valence-corrected chi connectivity index (χ3v) is 5.28. The first kappa shape index (κ1) is 30.8. The SMILES string of the molecule is CCOC(Cc1ccc(OCCN(CCC(C)(C)C)C(=O)Oc2ccccc2OC(F)(F)F)cc1)C(=O)O. The van der Waals surface area contributed by atoms with Gasteiger partial charge in [-0.2, -0.15) is 0 Å². The van der Waals surface area contributed by atoms with Crippen LogP contribution in [0.25, 0.3) is 0 Å². The van der Waals surface area contributed by atoms with Gasteiger partial charge in [0, 0.05) is 19.6 Å². The first-order chi connectivity index (χ1) is 17.8. The molecule has 11 heteroatoms. The lowest BCUT2D eigenvalue weighted by atomic mass is 9.92. The number of hydrogen-bond donors (Lipinski definition) is 1. The second kappa shape index (κ2) is 13.9. The van der Waals surface area contributed by atoms with Gasteiger partial charge in [0.15, 0.2) is 17.6 Å². The number of carbonyl (C=O) groups is 2. The summed E-state index contributed by atoms with van der Waals surface area (Å²) >= 11 is 0. The number of para-hydroxylation sites is 2. The fourth-order valence-corrected chi connectivity index (χ4v) is 3.30. The molecule has 0 aliphatic heterocycles. The molecule has 1 N–H and O–H groups in total. The molecule has 0 aliphatic carbocycles. The van der Waals surface area contributed by atoms with Crippen LogP contribution in [0.5, 0.6) is 17.2 Å². The largest absolute Gasteiger partial charge is 0.573 e. The van der Waals surface area contributed by atoms with E-state index in [1.807, 2.05) is 20.8 Å². The van der Waals surface area contributed by atoms with Crippen LogP contribution < -0.4 is 14.2 Å². The van der Waals surface area contributed by atoms with Crippen LogP contribution in [-0.4, -0.2) is 60.8 Å². The Morgan fingerprint density at radius 3 is 2.16 bits per heavy atom. The highest BCUT2D eigenvalue weighted by Gasteiger charge is 2.33. The van der Waals surface area contributed by atoms with Crippen molar-refractivity contribution in [2.24, 2.45) is 5.41 Å². The van der Waals surface area contributed by atoms with Crippen LogP contribution in [0, 0.1) is 5.41 Å². The van der Waals surface area contributed by atoms with Crippen molar-refractivity contribution < 1.29 is 46.8 Å². The molecule has 0 saturated carbocycles. The highest BCUT2D eigenvalue weighted by Crippen LogP contribution is 2.32. The quantitative estimate of drug-likeness (QED) is 0.336. The molecule has 0 aliphatic rings. The van der Waals surface area contributed by atoms with E-state index in [0.29, 0.717) is 18.7 Å². The first-order valence-corrected chi connectivity index (χ1v) is 12.1. The summed E-state index contributed by atoms with van der Waals surface area (Å²) in [5, 5.41) is 9.24. The van der Waals surface area contributed by atoms with E-state index in [1.165, 1.54) is 23.1 Å². The molecule has 1 atom stereocenters. The molecule has 2 aromatic rings. The van der Waals surface area contributed by atoms with Crippen molar-refractivity contribution in [1.82, 2.24) is 4.90 Å². The molecule has 0 saturated heterocycles. The zero-order valence-electron chi connectivity index (χ0n) is 21.9. The van der Waals surface area contributed by atoms with Crippen LogP contribution in [0.2, 0.25) is 0 Å². The molecule has 2 rings (SSSR count). The fraction of sp³-hybridized carbons (Fsp3) is 0.481. The number of hydrogen-bond acceptors (Lipinski definition) is 6. The summed E-state index contributed by atoms with van der Waals surface area (Å²) in [6.07, 6.45) is -5.89. The molecule has 2 aromatic carbocycles. The molecule has 0 fully saturated rings. The number of rotatable bonds is 13. The number of ether oxygens (including phenoxy) is 4. The monoisotopic (exact) mass is 541 g/mol. The molecular formula is C27H34F3NO7. The van der Waals surface area contributed by atoms with Crippen LogP contribution >= 0.6 is 0 Å². The number of carbonyl (C=O) groups excluding carboxylic acids is 1. The normalized spacial score (nSPS) is 12.5. The van der Waals surface area contributed by atoms with Crippen molar-refractivity contribution >= 4 is 12.1 Å². The maximum atomic E-state index is 12.9. The maximum absolute atomic E-state index is 12.9. The van der Waals surface area contributed by atoms with Gasteiger partial charge in [-0.15, -0.1) is 13.2 Å². The number of carboxylic acid groups (broad SMARTS) is 1. The van der Waals surface area contributed by atoms with E-state index in [9.17, 15) is 27.9 Å². The molecule has 1 unspecified atom stereocenters. The van der Waals surface area contributed by atoms with Gasteiger partial charge < -0.3 is 29.0 Å². The van der Waals surface area contributed by atoms with Crippen molar-refractivity contribution in [2.45, 2.75) is 53.0 Å². The number of amides is 1. The van der Waals surface area contributed by atoms with Crippen molar-refractivity contribution in [3.63, 3.8) is 0 Å². The first-order valence-electron chi connectivity index (χ1n) is 12.1. The lowest BCUT2D eigenvalue weighted by molar-refractivity contribution is -0.275.